The van der Waals surface area contributed by atoms with Gasteiger partial charge in [-0.2, -0.15) is 0 Å². The van der Waals surface area contributed by atoms with E-state index in [1.54, 1.807) is 0 Å². The van der Waals surface area contributed by atoms with Gasteiger partial charge >= 0.3 is 5.77 Å². The van der Waals surface area contributed by atoms with Crippen molar-refractivity contribution < 1.29 is 9.09 Å². The molecule has 0 aromatic heterocycles. The van der Waals surface area contributed by atoms with Gasteiger partial charge in [0.05, 0.1) is 0 Å². The monoisotopic (exact) mass is 290 g/mol. The molecule has 1 atom stereocenters. The van der Waals surface area contributed by atoms with Crippen LogP contribution in [-0.2, 0) is 4.57 Å². The minimum Gasteiger partial charge on any atom is -0.429 e. The van der Waals surface area contributed by atoms with Crippen LogP contribution < -0.4 is 4.52 Å². The summed E-state index contributed by atoms with van der Waals surface area (Å²) in [7, 11) is 0. The summed E-state index contributed by atoms with van der Waals surface area (Å²) in [5.41, 5.74) is 0. The van der Waals surface area contributed by atoms with Crippen LogP contribution in [0, 0.1) is 0 Å². The maximum atomic E-state index is 12.6. The lowest BCUT2D eigenvalue weighted by Gasteiger charge is -2.17. The highest BCUT2D eigenvalue weighted by molar-refractivity contribution is 8.89. The maximum absolute atomic E-state index is 12.6. The zero-order valence-corrected chi connectivity index (χ0v) is 12.8. The fourth-order valence-corrected chi connectivity index (χ4v) is 8.05. The highest BCUT2D eigenvalue weighted by Crippen LogP contribution is 2.69. The summed E-state index contributed by atoms with van der Waals surface area (Å²) in [4.78, 5) is 0. The number of unbranched alkanes of at least 4 members (excludes halogenated alkanes) is 1. The molecule has 0 aliphatic rings. The summed E-state index contributed by atoms with van der Waals surface area (Å²) in [5.74, 6) is -0.237. The van der Waals surface area contributed by atoms with E-state index in [0.29, 0.717) is 5.75 Å². The van der Waals surface area contributed by atoms with Crippen LogP contribution in [-0.4, -0.2) is 11.5 Å². The van der Waals surface area contributed by atoms with Crippen molar-refractivity contribution in [3.8, 4) is 5.75 Å². The Morgan fingerprint density at radius 2 is 1.88 bits per heavy atom. The molecule has 0 bridgehead atoms. The summed E-state index contributed by atoms with van der Waals surface area (Å²) >= 11 is 2.88. The minimum absolute atomic E-state index is 0.695. The van der Waals surface area contributed by atoms with Crippen molar-refractivity contribution in [2.75, 3.05) is 11.5 Å². The lowest BCUT2D eigenvalue weighted by Crippen LogP contribution is -1.88. The Kier molecular flexibility index (Phi) is 7.17. The predicted octanol–water partition coefficient (Wildman–Crippen LogP) is 5.46. The van der Waals surface area contributed by atoms with Crippen molar-refractivity contribution in [2.24, 2.45) is 0 Å². The zero-order valence-electron chi connectivity index (χ0n) is 10.3. The zero-order chi connectivity index (χ0) is 12.6. The molecule has 0 aliphatic carbocycles. The molecule has 0 fully saturated rings. The van der Waals surface area contributed by atoms with Gasteiger partial charge < -0.3 is 4.52 Å². The Hall–Kier alpha value is -0.0500. The lowest BCUT2D eigenvalue weighted by atomic mass is 10.3. The molecule has 96 valence electrons. The molecule has 0 saturated carbocycles. The molecular weight excluding hydrogens is 271 g/mol. The molecule has 2 nitrogen and oxygen atoms in total. The fraction of sp³-hybridized carbons (Fsp3) is 0.500. The third-order valence-corrected chi connectivity index (χ3v) is 9.36. The van der Waals surface area contributed by atoms with Crippen molar-refractivity contribution in [1.29, 1.82) is 0 Å². The quantitative estimate of drug-likeness (QED) is 0.469. The van der Waals surface area contributed by atoms with Crippen LogP contribution in [0.15, 0.2) is 30.3 Å². The molecule has 1 aromatic rings. The van der Waals surface area contributed by atoms with E-state index in [1.807, 2.05) is 37.3 Å². The smallest absolute Gasteiger partial charge is 0.359 e. The molecule has 1 unspecified atom stereocenters. The summed E-state index contributed by atoms with van der Waals surface area (Å²) in [5, 5.41) is 0. The molecule has 0 radical (unpaired) electrons. The molecule has 1 rings (SSSR count). The Morgan fingerprint density at radius 3 is 2.47 bits per heavy atom. The van der Waals surface area contributed by atoms with Crippen LogP contribution >= 0.6 is 28.5 Å². The predicted molar refractivity (Wildman–Crippen MR) is 80.2 cm³/mol. The average Bonchev–Trinajstić information content (AvgIpc) is 2.31. The molecule has 5 heteroatoms. The largest absolute Gasteiger partial charge is 0.429 e. The number of para-hydroxylation sites is 1. The second-order valence-corrected chi connectivity index (χ2v) is 11.2. The van der Waals surface area contributed by atoms with E-state index in [0.717, 1.165) is 24.3 Å². The molecule has 0 aliphatic heterocycles. The van der Waals surface area contributed by atoms with E-state index in [2.05, 4.69) is 6.92 Å². The van der Waals surface area contributed by atoms with Crippen molar-refractivity contribution in [3.05, 3.63) is 30.3 Å². The van der Waals surface area contributed by atoms with Gasteiger partial charge in [-0.15, -0.1) is 0 Å². The Labute approximate surface area is 112 Å². The van der Waals surface area contributed by atoms with E-state index < -0.39 is 5.77 Å². The number of hydrogen-bond acceptors (Lipinski definition) is 4. The van der Waals surface area contributed by atoms with Crippen molar-refractivity contribution in [1.82, 2.24) is 0 Å². The molecule has 0 spiro atoms. The molecule has 17 heavy (non-hydrogen) atoms. The average molecular weight is 290 g/mol. The number of hydrogen-bond donors (Lipinski definition) is 0. The molecule has 0 heterocycles. The van der Waals surface area contributed by atoms with Crippen LogP contribution in [0.25, 0.3) is 0 Å². The first kappa shape index (κ1) is 15.0. The maximum Gasteiger partial charge on any atom is 0.359 e. The summed E-state index contributed by atoms with van der Waals surface area (Å²) in [6.45, 7) is 4.14. The normalized spacial score (nSPS) is 14.2. The fourth-order valence-electron chi connectivity index (χ4n) is 1.18. The van der Waals surface area contributed by atoms with Crippen molar-refractivity contribution in [3.63, 3.8) is 0 Å². The summed E-state index contributed by atoms with van der Waals surface area (Å²) < 4.78 is 18.2. The van der Waals surface area contributed by atoms with E-state index in [9.17, 15) is 4.57 Å². The highest BCUT2D eigenvalue weighted by atomic mass is 33.1. The molecule has 0 saturated heterocycles. The Bertz CT molecular complexity index is 357. The first-order valence-corrected chi connectivity index (χ1v) is 10.6. The van der Waals surface area contributed by atoms with E-state index in [4.69, 9.17) is 4.52 Å². The molecule has 0 N–H and O–H groups in total. The first-order valence-electron chi connectivity index (χ1n) is 5.84. The van der Waals surface area contributed by atoms with E-state index in [-0.39, 0.29) is 0 Å². The first-order chi connectivity index (χ1) is 8.20. The Balaban J connectivity index is 2.61. The Morgan fingerprint density at radius 1 is 1.18 bits per heavy atom. The third-order valence-electron chi connectivity index (χ3n) is 1.99. The van der Waals surface area contributed by atoms with Crippen LogP contribution in [0.3, 0.4) is 0 Å². The molecule has 0 amide bonds. The van der Waals surface area contributed by atoms with Gasteiger partial charge in [0.25, 0.3) is 0 Å². The van der Waals surface area contributed by atoms with Gasteiger partial charge in [-0.25, -0.2) is 0 Å². The minimum atomic E-state index is -2.64. The molecular formula is C12H19O2PS2. The van der Waals surface area contributed by atoms with E-state index in [1.165, 1.54) is 22.8 Å². The van der Waals surface area contributed by atoms with Crippen LogP contribution in [0.4, 0.5) is 0 Å². The third kappa shape index (κ3) is 5.89. The van der Waals surface area contributed by atoms with Gasteiger partial charge in [0, 0.05) is 11.5 Å². The number of rotatable bonds is 8. The second kappa shape index (κ2) is 8.12. The van der Waals surface area contributed by atoms with Gasteiger partial charge in [-0.05, 0) is 41.3 Å². The SMILES string of the molecule is CCCCSP(=O)(Oc1ccccc1)SCC. The second-order valence-electron chi connectivity index (χ2n) is 3.46. The lowest BCUT2D eigenvalue weighted by molar-refractivity contribution is 0.515. The van der Waals surface area contributed by atoms with Gasteiger partial charge in [0.2, 0.25) is 0 Å². The molecule has 1 aromatic carbocycles. The van der Waals surface area contributed by atoms with Crippen LogP contribution in [0.2, 0.25) is 0 Å². The standard InChI is InChI=1S/C12H19O2PS2/c1-3-5-11-17-15(13,16-4-2)14-12-9-7-6-8-10-12/h6-10H,3-5,11H2,1-2H3. The van der Waals surface area contributed by atoms with Crippen molar-refractivity contribution in [2.45, 2.75) is 26.7 Å². The summed E-state index contributed by atoms with van der Waals surface area (Å²) in [6, 6.07) is 9.42. The van der Waals surface area contributed by atoms with E-state index >= 15 is 0 Å². The van der Waals surface area contributed by atoms with Crippen LogP contribution in [0.5, 0.6) is 5.75 Å². The van der Waals surface area contributed by atoms with Crippen molar-refractivity contribution >= 4 is 28.5 Å². The highest BCUT2D eigenvalue weighted by Gasteiger charge is 2.25. The number of benzene rings is 1. The topological polar surface area (TPSA) is 26.3 Å². The van der Waals surface area contributed by atoms with Gasteiger partial charge in [-0.1, -0.05) is 38.5 Å². The van der Waals surface area contributed by atoms with Crippen LogP contribution in [0.1, 0.15) is 26.7 Å². The van der Waals surface area contributed by atoms with Gasteiger partial charge in [0.15, 0.2) is 0 Å². The van der Waals surface area contributed by atoms with Gasteiger partial charge in [-0.3, -0.25) is 4.57 Å². The van der Waals surface area contributed by atoms with Gasteiger partial charge in [0.1, 0.15) is 5.75 Å². The summed E-state index contributed by atoms with van der Waals surface area (Å²) in [6.07, 6.45) is 2.20.